The lowest BCUT2D eigenvalue weighted by Gasteiger charge is -2.12. The Morgan fingerprint density at radius 3 is 2.38 bits per heavy atom. The molecule has 0 aliphatic heterocycles. The summed E-state index contributed by atoms with van der Waals surface area (Å²) in [6, 6.07) is 13.2. The fraction of sp³-hybridized carbons (Fsp3) is 0.158. The molecular weight excluding hydrogens is 344 g/mol. The van der Waals surface area contributed by atoms with Gasteiger partial charge in [0.1, 0.15) is 19.5 Å². The summed E-state index contributed by atoms with van der Waals surface area (Å²) in [5, 5.41) is 3.73. The molecule has 0 spiro atoms. The van der Waals surface area contributed by atoms with Gasteiger partial charge in [-0.15, -0.1) is 0 Å². The van der Waals surface area contributed by atoms with Crippen LogP contribution in [-0.4, -0.2) is 25.9 Å². The molecule has 2 aromatic rings. The Bertz CT molecular complexity index is 813. The van der Waals surface area contributed by atoms with Crippen LogP contribution in [0, 0.1) is 0 Å². The molecule has 26 heavy (non-hydrogen) atoms. The second-order valence-electron chi connectivity index (χ2n) is 5.06. The summed E-state index contributed by atoms with van der Waals surface area (Å²) in [4.78, 5) is 16.6. The van der Waals surface area contributed by atoms with E-state index in [1.165, 1.54) is 26.4 Å². The van der Waals surface area contributed by atoms with Gasteiger partial charge in [-0.3, -0.25) is 0 Å². The minimum atomic E-state index is -1.76. The second-order valence-corrected chi connectivity index (χ2v) is 5.06. The van der Waals surface area contributed by atoms with Gasteiger partial charge in [0.25, 0.3) is 6.08 Å². The van der Waals surface area contributed by atoms with Crippen LogP contribution in [0.3, 0.4) is 0 Å². The van der Waals surface area contributed by atoms with Crippen LogP contribution in [-0.2, 0) is 21.0 Å². The molecule has 0 radical (unpaired) electrons. The van der Waals surface area contributed by atoms with Crippen molar-refractivity contribution in [2.45, 2.75) is 6.61 Å². The van der Waals surface area contributed by atoms with Gasteiger partial charge in [0.05, 0.1) is 7.11 Å². The lowest BCUT2D eigenvalue weighted by Crippen LogP contribution is -2.19. The van der Waals surface area contributed by atoms with Crippen LogP contribution in [0.4, 0.5) is 8.78 Å². The van der Waals surface area contributed by atoms with Gasteiger partial charge in [-0.1, -0.05) is 41.6 Å². The number of benzene rings is 2. The predicted octanol–water partition coefficient (Wildman–Crippen LogP) is 4.03. The first kappa shape index (κ1) is 19.1. The average molecular weight is 361 g/mol. The molecule has 0 unspecified atom stereocenters. The molecule has 0 amide bonds. The summed E-state index contributed by atoms with van der Waals surface area (Å²) < 4.78 is 34.9. The molecule has 0 atom stereocenters. The molecule has 2 aromatic carbocycles. The number of halogens is 2. The lowest BCUT2D eigenvalue weighted by molar-refractivity contribution is -0.132. The third kappa shape index (κ3) is 5.14. The number of nitrogens with zero attached hydrogens (tertiary/aromatic N) is 1. The predicted molar refractivity (Wildman–Crippen MR) is 93.0 cm³/mol. The van der Waals surface area contributed by atoms with E-state index in [-0.39, 0.29) is 12.3 Å². The van der Waals surface area contributed by atoms with Gasteiger partial charge in [0.2, 0.25) is 0 Å². The minimum Gasteiger partial charge on any atom is -0.489 e. The van der Waals surface area contributed by atoms with Gasteiger partial charge >= 0.3 is 5.97 Å². The van der Waals surface area contributed by atoms with Crippen LogP contribution in [0.25, 0.3) is 6.08 Å². The Balaban J connectivity index is 2.19. The van der Waals surface area contributed by atoms with E-state index in [1.54, 1.807) is 36.4 Å². The molecule has 0 N–H and O–H groups in total. The second kappa shape index (κ2) is 9.31. The van der Waals surface area contributed by atoms with E-state index in [0.717, 1.165) is 6.08 Å². The van der Waals surface area contributed by atoms with Crippen LogP contribution in [0.15, 0.2) is 59.8 Å². The van der Waals surface area contributed by atoms with Crippen molar-refractivity contribution in [1.29, 1.82) is 0 Å². The SMILES string of the molecule is CON=C(C(=O)OC)c1ccccc1COc1ccc(C=C(F)F)cc1. The zero-order valence-corrected chi connectivity index (χ0v) is 14.2. The summed E-state index contributed by atoms with van der Waals surface area (Å²) in [5.41, 5.74) is 1.60. The summed E-state index contributed by atoms with van der Waals surface area (Å²) in [6.07, 6.45) is -0.997. The number of hydrogen-bond acceptors (Lipinski definition) is 5. The molecule has 0 aromatic heterocycles. The fourth-order valence-corrected chi connectivity index (χ4v) is 2.21. The maximum Gasteiger partial charge on any atom is 0.360 e. The molecule has 0 aliphatic rings. The third-order valence-corrected chi connectivity index (χ3v) is 3.38. The van der Waals surface area contributed by atoms with E-state index < -0.39 is 12.0 Å². The number of esters is 1. The molecule has 7 heteroatoms. The third-order valence-electron chi connectivity index (χ3n) is 3.38. The number of methoxy groups -OCH3 is 1. The Kier molecular flexibility index (Phi) is 6.84. The molecule has 2 rings (SSSR count). The zero-order valence-electron chi connectivity index (χ0n) is 14.2. The molecule has 0 saturated heterocycles. The molecule has 0 fully saturated rings. The van der Waals surface area contributed by atoms with Gasteiger partial charge in [0.15, 0.2) is 5.71 Å². The van der Waals surface area contributed by atoms with E-state index in [1.807, 2.05) is 0 Å². The van der Waals surface area contributed by atoms with Crippen LogP contribution in [0.1, 0.15) is 16.7 Å². The van der Waals surface area contributed by atoms with Crippen molar-refractivity contribution >= 4 is 17.8 Å². The van der Waals surface area contributed by atoms with E-state index >= 15 is 0 Å². The number of oxime groups is 1. The van der Waals surface area contributed by atoms with E-state index in [2.05, 4.69) is 5.16 Å². The lowest BCUT2D eigenvalue weighted by atomic mass is 10.0. The van der Waals surface area contributed by atoms with Crippen LogP contribution in [0.5, 0.6) is 5.75 Å². The quantitative estimate of drug-likeness (QED) is 0.424. The number of rotatable bonds is 7. The largest absolute Gasteiger partial charge is 0.489 e. The highest BCUT2D eigenvalue weighted by Gasteiger charge is 2.19. The molecule has 136 valence electrons. The Hall–Kier alpha value is -3.22. The number of hydrogen-bond donors (Lipinski definition) is 0. The highest BCUT2D eigenvalue weighted by Crippen LogP contribution is 2.19. The molecule has 0 saturated carbocycles. The summed E-state index contributed by atoms with van der Waals surface area (Å²) in [5.74, 6) is -0.136. The van der Waals surface area contributed by atoms with E-state index in [4.69, 9.17) is 14.3 Å². The van der Waals surface area contributed by atoms with Crippen molar-refractivity contribution in [2.24, 2.45) is 5.16 Å². The van der Waals surface area contributed by atoms with Crippen molar-refractivity contribution in [3.05, 3.63) is 71.3 Å². The maximum absolute atomic E-state index is 12.2. The van der Waals surface area contributed by atoms with Crippen molar-refractivity contribution in [1.82, 2.24) is 0 Å². The van der Waals surface area contributed by atoms with Gasteiger partial charge in [-0.05, 0) is 23.3 Å². The summed E-state index contributed by atoms with van der Waals surface area (Å²) in [7, 11) is 2.58. The minimum absolute atomic E-state index is 0.0214. The van der Waals surface area contributed by atoms with Gasteiger partial charge < -0.3 is 14.3 Å². The van der Waals surface area contributed by atoms with Gasteiger partial charge in [0, 0.05) is 11.6 Å². The maximum atomic E-state index is 12.2. The summed E-state index contributed by atoms with van der Waals surface area (Å²) in [6.45, 7) is 0.141. The highest BCUT2D eigenvalue weighted by atomic mass is 19.3. The number of carbonyl (C=O) groups is 1. The normalized spacial score (nSPS) is 10.8. The Morgan fingerprint density at radius 2 is 1.77 bits per heavy atom. The Labute approximate surface area is 149 Å². The first-order chi connectivity index (χ1) is 12.5. The Morgan fingerprint density at radius 1 is 1.08 bits per heavy atom. The van der Waals surface area contributed by atoms with Crippen molar-refractivity contribution in [2.75, 3.05) is 14.2 Å². The molecule has 0 aliphatic carbocycles. The van der Waals surface area contributed by atoms with Gasteiger partial charge in [-0.2, -0.15) is 8.78 Å². The average Bonchev–Trinajstić information content (AvgIpc) is 2.65. The fourth-order valence-electron chi connectivity index (χ4n) is 2.21. The smallest absolute Gasteiger partial charge is 0.360 e. The summed E-state index contributed by atoms with van der Waals surface area (Å²) >= 11 is 0. The van der Waals surface area contributed by atoms with E-state index in [0.29, 0.717) is 22.4 Å². The van der Waals surface area contributed by atoms with Crippen LogP contribution < -0.4 is 4.74 Å². The topological polar surface area (TPSA) is 57.1 Å². The van der Waals surface area contributed by atoms with Crippen molar-refractivity contribution in [3.63, 3.8) is 0 Å². The first-order valence-corrected chi connectivity index (χ1v) is 7.58. The van der Waals surface area contributed by atoms with E-state index in [9.17, 15) is 13.6 Å². The highest BCUT2D eigenvalue weighted by molar-refractivity contribution is 6.43. The molecule has 0 bridgehead atoms. The first-order valence-electron chi connectivity index (χ1n) is 7.58. The van der Waals surface area contributed by atoms with Crippen molar-refractivity contribution < 1.29 is 27.9 Å². The van der Waals surface area contributed by atoms with Crippen LogP contribution >= 0.6 is 0 Å². The number of carbonyl (C=O) groups excluding carboxylic acids is 1. The standard InChI is InChI=1S/C19H17F2NO4/c1-24-19(23)18(22-25-2)16-6-4-3-5-14(16)12-26-15-9-7-13(8-10-15)11-17(20)21/h3-11H,12H2,1-2H3. The number of ether oxygens (including phenoxy) is 2. The molecule has 0 heterocycles. The monoisotopic (exact) mass is 361 g/mol. The van der Waals surface area contributed by atoms with Crippen LogP contribution in [0.2, 0.25) is 0 Å². The molecule has 5 nitrogen and oxygen atoms in total. The molecular formula is C19H17F2NO4. The van der Waals surface area contributed by atoms with Crippen molar-refractivity contribution in [3.8, 4) is 5.75 Å². The van der Waals surface area contributed by atoms with Gasteiger partial charge in [-0.25, -0.2) is 4.79 Å². The zero-order chi connectivity index (χ0) is 18.9.